The van der Waals surface area contributed by atoms with Gasteiger partial charge in [0.05, 0.1) is 28.4 Å². The molecule has 0 aliphatic rings. The van der Waals surface area contributed by atoms with Gasteiger partial charge in [-0.1, -0.05) is 6.07 Å². The maximum absolute atomic E-state index is 5.90. The topological polar surface area (TPSA) is 46.2 Å². The molecule has 0 aliphatic heterocycles. The van der Waals surface area contributed by atoms with Crippen molar-refractivity contribution in [2.24, 2.45) is 0 Å². The largest absolute Gasteiger partial charge is 0.496 e. The average Bonchev–Trinajstić information content (AvgIpc) is 2.54. The van der Waals surface area contributed by atoms with E-state index in [1.807, 2.05) is 6.07 Å². The second kappa shape index (κ2) is 6.74. The number of para-hydroxylation sites is 1. The van der Waals surface area contributed by atoms with Crippen molar-refractivity contribution in [1.82, 2.24) is 0 Å². The fraction of sp³-hybridized carbons (Fsp3) is 0.250. The molecule has 2 aromatic rings. The van der Waals surface area contributed by atoms with Crippen LogP contribution < -0.4 is 23.7 Å². The van der Waals surface area contributed by atoms with Gasteiger partial charge in [-0.3, -0.25) is 0 Å². The van der Waals surface area contributed by atoms with E-state index in [0.29, 0.717) is 34.5 Å². The molecule has 0 atom stereocenters. The van der Waals surface area contributed by atoms with Gasteiger partial charge in [-0.15, -0.1) is 0 Å². The van der Waals surface area contributed by atoms with Gasteiger partial charge >= 0.3 is 0 Å². The van der Waals surface area contributed by atoms with Crippen molar-refractivity contribution in [2.75, 3.05) is 28.4 Å². The standard InChI is InChI=1S/C16H18O5/c1-17-11-8-12(18-2)10-13(9-11)21-16-14(19-3)6-5-7-15(16)20-4/h5-10H,1-4H3. The summed E-state index contributed by atoms with van der Waals surface area (Å²) >= 11 is 0. The first kappa shape index (κ1) is 14.8. The molecule has 112 valence electrons. The summed E-state index contributed by atoms with van der Waals surface area (Å²) in [6, 6.07) is 10.7. The second-order valence-electron chi connectivity index (χ2n) is 4.14. The van der Waals surface area contributed by atoms with E-state index in [0.717, 1.165) is 0 Å². The molecule has 0 spiro atoms. The molecular weight excluding hydrogens is 272 g/mol. The van der Waals surface area contributed by atoms with Crippen LogP contribution in [0.15, 0.2) is 36.4 Å². The lowest BCUT2D eigenvalue weighted by Gasteiger charge is -2.15. The number of methoxy groups -OCH3 is 4. The first-order valence-corrected chi connectivity index (χ1v) is 6.33. The molecule has 2 rings (SSSR count). The average molecular weight is 290 g/mol. The molecule has 0 saturated carbocycles. The SMILES string of the molecule is COc1cc(OC)cc(Oc2c(OC)cccc2OC)c1. The number of rotatable bonds is 6. The van der Waals surface area contributed by atoms with Gasteiger partial charge in [-0.25, -0.2) is 0 Å². The molecule has 0 amide bonds. The normalized spacial score (nSPS) is 9.90. The van der Waals surface area contributed by atoms with E-state index in [1.165, 1.54) is 0 Å². The molecule has 0 aromatic heterocycles. The molecular formula is C16H18O5. The molecule has 0 N–H and O–H groups in total. The van der Waals surface area contributed by atoms with Crippen molar-refractivity contribution >= 4 is 0 Å². The predicted molar refractivity (Wildman–Crippen MR) is 79.2 cm³/mol. The van der Waals surface area contributed by atoms with E-state index in [9.17, 15) is 0 Å². The van der Waals surface area contributed by atoms with E-state index in [1.54, 1.807) is 58.8 Å². The summed E-state index contributed by atoms with van der Waals surface area (Å²) in [5.41, 5.74) is 0. The lowest BCUT2D eigenvalue weighted by atomic mass is 10.2. The van der Waals surface area contributed by atoms with Crippen LogP contribution in [-0.4, -0.2) is 28.4 Å². The minimum atomic E-state index is 0.498. The van der Waals surface area contributed by atoms with Crippen LogP contribution in [0.4, 0.5) is 0 Å². The van der Waals surface area contributed by atoms with Crippen LogP contribution in [0, 0.1) is 0 Å². The minimum absolute atomic E-state index is 0.498. The summed E-state index contributed by atoms with van der Waals surface area (Å²) in [7, 11) is 6.33. The molecule has 2 aromatic carbocycles. The van der Waals surface area contributed by atoms with E-state index < -0.39 is 0 Å². The third-order valence-electron chi connectivity index (χ3n) is 2.93. The van der Waals surface area contributed by atoms with Crippen molar-refractivity contribution < 1.29 is 23.7 Å². The Morgan fingerprint density at radius 1 is 0.619 bits per heavy atom. The molecule has 0 radical (unpaired) electrons. The lowest BCUT2D eigenvalue weighted by Crippen LogP contribution is -1.95. The van der Waals surface area contributed by atoms with Crippen LogP contribution in [0.1, 0.15) is 0 Å². The van der Waals surface area contributed by atoms with Gasteiger partial charge in [-0.2, -0.15) is 0 Å². The Morgan fingerprint density at radius 3 is 1.52 bits per heavy atom. The highest BCUT2D eigenvalue weighted by Gasteiger charge is 2.13. The fourth-order valence-electron chi connectivity index (χ4n) is 1.88. The summed E-state index contributed by atoms with van der Waals surface area (Å²) in [6.07, 6.45) is 0. The van der Waals surface area contributed by atoms with Gasteiger partial charge in [0.25, 0.3) is 0 Å². The third kappa shape index (κ3) is 3.31. The summed E-state index contributed by atoms with van der Waals surface area (Å²) < 4.78 is 27.0. The first-order valence-electron chi connectivity index (χ1n) is 6.33. The Balaban J connectivity index is 2.42. The Morgan fingerprint density at radius 2 is 1.10 bits per heavy atom. The van der Waals surface area contributed by atoms with Crippen LogP contribution in [0.2, 0.25) is 0 Å². The van der Waals surface area contributed by atoms with Crippen LogP contribution in [-0.2, 0) is 0 Å². The van der Waals surface area contributed by atoms with Gasteiger partial charge in [0.15, 0.2) is 11.5 Å². The molecule has 0 saturated heterocycles. The van der Waals surface area contributed by atoms with Crippen molar-refractivity contribution in [3.8, 4) is 34.5 Å². The van der Waals surface area contributed by atoms with Gasteiger partial charge in [0.1, 0.15) is 17.2 Å². The van der Waals surface area contributed by atoms with E-state index in [4.69, 9.17) is 23.7 Å². The van der Waals surface area contributed by atoms with Crippen molar-refractivity contribution in [2.45, 2.75) is 0 Å². The van der Waals surface area contributed by atoms with E-state index in [-0.39, 0.29) is 0 Å². The fourth-order valence-corrected chi connectivity index (χ4v) is 1.88. The maximum Gasteiger partial charge on any atom is 0.210 e. The van der Waals surface area contributed by atoms with Crippen molar-refractivity contribution in [3.05, 3.63) is 36.4 Å². The molecule has 5 nitrogen and oxygen atoms in total. The number of ether oxygens (including phenoxy) is 5. The summed E-state index contributed by atoms with van der Waals surface area (Å²) in [6.45, 7) is 0. The summed E-state index contributed by atoms with van der Waals surface area (Å²) in [5.74, 6) is 3.50. The molecule has 21 heavy (non-hydrogen) atoms. The predicted octanol–water partition coefficient (Wildman–Crippen LogP) is 3.51. The number of hydrogen-bond acceptors (Lipinski definition) is 5. The highest BCUT2D eigenvalue weighted by Crippen LogP contribution is 2.41. The van der Waals surface area contributed by atoms with Crippen LogP contribution >= 0.6 is 0 Å². The minimum Gasteiger partial charge on any atom is -0.496 e. The summed E-state index contributed by atoms with van der Waals surface area (Å²) in [5, 5.41) is 0. The smallest absolute Gasteiger partial charge is 0.210 e. The van der Waals surface area contributed by atoms with Crippen LogP contribution in [0.5, 0.6) is 34.5 Å². The molecule has 0 fully saturated rings. The van der Waals surface area contributed by atoms with Crippen LogP contribution in [0.3, 0.4) is 0 Å². The monoisotopic (exact) mass is 290 g/mol. The maximum atomic E-state index is 5.90. The molecule has 0 bridgehead atoms. The number of benzene rings is 2. The van der Waals surface area contributed by atoms with Gasteiger partial charge in [-0.05, 0) is 12.1 Å². The molecule has 5 heteroatoms. The first-order chi connectivity index (χ1) is 10.2. The molecule has 0 unspecified atom stereocenters. The molecule has 0 heterocycles. The van der Waals surface area contributed by atoms with Crippen molar-refractivity contribution in [1.29, 1.82) is 0 Å². The Labute approximate surface area is 124 Å². The Bertz CT molecular complexity index is 565. The third-order valence-corrected chi connectivity index (χ3v) is 2.93. The quantitative estimate of drug-likeness (QED) is 0.814. The van der Waals surface area contributed by atoms with Crippen molar-refractivity contribution in [3.63, 3.8) is 0 Å². The van der Waals surface area contributed by atoms with Gasteiger partial charge in [0.2, 0.25) is 5.75 Å². The Hall–Kier alpha value is -2.56. The highest BCUT2D eigenvalue weighted by atomic mass is 16.5. The number of hydrogen-bond donors (Lipinski definition) is 0. The lowest BCUT2D eigenvalue weighted by molar-refractivity contribution is 0.342. The van der Waals surface area contributed by atoms with E-state index in [2.05, 4.69) is 0 Å². The van der Waals surface area contributed by atoms with Crippen LogP contribution in [0.25, 0.3) is 0 Å². The van der Waals surface area contributed by atoms with E-state index >= 15 is 0 Å². The Kier molecular flexibility index (Phi) is 4.77. The van der Waals surface area contributed by atoms with Gasteiger partial charge < -0.3 is 23.7 Å². The molecule has 0 aliphatic carbocycles. The second-order valence-corrected chi connectivity index (χ2v) is 4.14. The zero-order valence-corrected chi connectivity index (χ0v) is 12.5. The zero-order chi connectivity index (χ0) is 15.2. The summed E-state index contributed by atoms with van der Waals surface area (Å²) in [4.78, 5) is 0. The highest BCUT2D eigenvalue weighted by molar-refractivity contribution is 5.54. The zero-order valence-electron chi connectivity index (χ0n) is 12.5. The van der Waals surface area contributed by atoms with Gasteiger partial charge in [0, 0.05) is 18.2 Å².